The second-order valence-electron chi connectivity index (χ2n) is 5.71. The van der Waals surface area contributed by atoms with Crippen molar-refractivity contribution < 1.29 is 4.74 Å². The van der Waals surface area contributed by atoms with Crippen LogP contribution in [0.15, 0.2) is 36.0 Å². The molecule has 2 aromatic heterocycles. The molecule has 0 N–H and O–H groups in total. The Labute approximate surface area is 140 Å². The van der Waals surface area contributed by atoms with Gasteiger partial charge in [0.1, 0.15) is 0 Å². The lowest BCUT2D eigenvalue weighted by Crippen LogP contribution is -2.36. The highest BCUT2D eigenvalue weighted by atomic mass is 35.5. The normalized spacial score (nSPS) is 17.0. The molecule has 0 bridgehead atoms. The van der Waals surface area contributed by atoms with Gasteiger partial charge in [0.15, 0.2) is 0 Å². The molecule has 118 valence electrons. The lowest BCUT2D eigenvalue weighted by Gasteiger charge is -2.31. The van der Waals surface area contributed by atoms with Gasteiger partial charge in [-0.05, 0) is 54.0 Å². The molecule has 0 radical (unpaired) electrons. The van der Waals surface area contributed by atoms with E-state index in [1.807, 2.05) is 18.5 Å². The zero-order valence-corrected chi connectivity index (χ0v) is 14.2. The van der Waals surface area contributed by atoms with Crippen molar-refractivity contribution in [3.8, 4) is 0 Å². The minimum absolute atomic E-state index is 0.405. The third-order valence-corrected chi connectivity index (χ3v) is 5.20. The SMILES string of the molecule is Clc1cc(CCOC2CCN(Cc3ccncc3)CC2)cs1. The van der Waals surface area contributed by atoms with Gasteiger partial charge in [-0.2, -0.15) is 0 Å². The highest BCUT2D eigenvalue weighted by molar-refractivity contribution is 7.14. The molecule has 2 aromatic rings. The van der Waals surface area contributed by atoms with E-state index in [0.29, 0.717) is 6.10 Å². The van der Waals surface area contributed by atoms with Crippen LogP contribution in [0.5, 0.6) is 0 Å². The summed E-state index contributed by atoms with van der Waals surface area (Å²) in [7, 11) is 0. The van der Waals surface area contributed by atoms with Gasteiger partial charge < -0.3 is 4.74 Å². The zero-order valence-electron chi connectivity index (χ0n) is 12.6. The average Bonchev–Trinajstić information content (AvgIpc) is 2.96. The van der Waals surface area contributed by atoms with Crippen LogP contribution in [0.1, 0.15) is 24.0 Å². The molecule has 3 nitrogen and oxygen atoms in total. The first-order valence-corrected chi connectivity index (χ1v) is 9.01. The monoisotopic (exact) mass is 336 g/mol. The minimum Gasteiger partial charge on any atom is -0.378 e. The van der Waals surface area contributed by atoms with E-state index in [-0.39, 0.29) is 0 Å². The van der Waals surface area contributed by atoms with Crippen LogP contribution in [0.2, 0.25) is 4.34 Å². The number of hydrogen-bond donors (Lipinski definition) is 0. The summed E-state index contributed by atoms with van der Waals surface area (Å²) >= 11 is 7.53. The molecule has 0 atom stereocenters. The largest absolute Gasteiger partial charge is 0.378 e. The number of thiophene rings is 1. The van der Waals surface area contributed by atoms with E-state index in [0.717, 1.165) is 49.8 Å². The Morgan fingerprint density at radius 1 is 1.23 bits per heavy atom. The summed E-state index contributed by atoms with van der Waals surface area (Å²) in [4.78, 5) is 6.56. The van der Waals surface area contributed by atoms with Crippen molar-refractivity contribution in [2.75, 3.05) is 19.7 Å². The third kappa shape index (κ3) is 4.78. The smallest absolute Gasteiger partial charge is 0.0931 e. The average molecular weight is 337 g/mol. The van der Waals surface area contributed by atoms with Crippen LogP contribution >= 0.6 is 22.9 Å². The fourth-order valence-electron chi connectivity index (χ4n) is 2.80. The van der Waals surface area contributed by atoms with Crippen LogP contribution < -0.4 is 0 Å². The van der Waals surface area contributed by atoms with E-state index in [1.54, 1.807) is 11.3 Å². The maximum absolute atomic E-state index is 6.02. The Morgan fingerprint density at radius 2 is 2.00 bits per heavy atom. The summed E-state index contributed by atoms with van der Waals surface area (Å²) in [5, 5.41) is 2.11. The van der Waals surface area contributed by atoms with Crippen LogP contribution in [-0.4, -0.2) is 35.7 Å². The van der Waals surface area contributed by atoms with Crippen molar-refractivity contribution in [2.24, 2.45) is 0 Å². The third-order valence-electron chi connectivity index (χ3n) is 4.06. The van der Waals surface area contributed by atoms with Crippen LogP contribution in [0, 0.1) is 0 Å². The number of halogens is 1. The molecule has 0 spiro atoms. The first-order valence-electron chi connectivity index (χ1n) is 7.75. The fraction of sp³-hybridized carbons (Fsp3) is 0.471. The van der Waals surface area contributed by atoms with Gasteiger partial charge in [-0.25, -0.2) is 0 Å². The van der Waals surface area contributed by atoms with Crippen LogP contribution in [0.25, 0.3) is 0 Å². The molecule has 1 aliphatic heterocycles. The molecule has 1 aliphatic rings. The van der Waals surface area contributed by atoms with Gasteiger partial charge in [-0.15, -0.1) is 11.3 Å². The number of likely N-dealkylation sites (tertiary alicyclic amines) is 1. The Morgan fingerprint density at radius 3 is 2.68 bits per heavy atom. The zero-order chi connectivity index (χ0) is 15.2. The van der Waals surface area contributed by atoms with Crippen molar-refractivity contribution >= 4 is 22.9 Å². The molecule has 0 amide bonds. The number of rotatable bonds is 6. The summed E-state index contributed by atoms with van der Waals surface area (Å²) in [5.74, 6) is 0. The first kappa shape index (κ1) is 15.9. The van der Waals surface area contributed by atoms with Crippen molar-refractivity contribution in [3.63, 3.8) is 0 Å². The highest BCUT2D eigenvalue weighted by Crippen LogP contribution is 2.21. The molecule has 0 aliphatic carbocycles. The maximum atomic E-state index is 6.02. The van der Waals surface area contributed by atoms with E-state index in [2.05, 4.69) is 27.4 Å². The fourth-order valence-corrected chi connectivity index (χ4v) is 3.74. The molecule has 22 heavy (non-hydrogen) atoms. The van der Waals surface area contributed by atoms with E-state index in [4.69, 9.17) is 16.3 Å². The number of ether oxygens (including phenoxy) is 1. The van der Waals surface area contributed by atoms with Crippen LogP contribution in [0.3, 0.4) is 0 Å². The summed E-state index contributed by atoms with van der Waals surface area (Å²) in [5.41, 5.74) is 2.62. The van der Waals surface area contributed by atoms with E-state index in [9.17, 15) is 0 Å². The van der Waals surface area contributed by atoms with E-state index < -0.39 is 0 Å². The number of hydrogen-bond acceptors (Lipinski definition) is 4. The summed E-state index contributed by atoms with van der Waals surface area (Å²) in [6, 6.07) is 6.22. The van der Waals surface area contributed by atoms with E-state index in [1.165, 1.54) is 11.1 Å². The summed E-state index contributed by atoms with van der Waals surface area (Å²) < 4.78 is 6.88. The molecule has 3 rings (SSSR count). The first-order chi connectivity index (χ1) is 10.8. The van der Waals surface area contributed by atoms with Gasteiger partial charge in [0.05, 0.1) is 17.0 Å². The lowest BCUT2D eigenvalue weighted by molar-refractivity contribution is 0.00741. The minimum atomic E-state index is 0.405. The second-order valence-corrected chi connectivity index (χ2v) is 7.25. The van der Waals surface area contributed by atoms with E-state index >= 15 is 0 Å². The van der Waals surface area contributed by atoms with Gasteiger partial charge in [-0.1, -0.05) is 11.6 Å². The standard InChI is InChI=1S/C17H21ClN2OS/c18-17-11-15(13-22-17)5-10-21-16-3-8-20(9-4-16)12-14-1-6-19-7-2-14/h1-2,6-7,11,13,16H,3-5,8-10,12H2. The van der Waals surface area contributed by atoms with Gasteiger partial charge in [0.25, 0.3) is 0 Å². The Balaban J connectivity index is 1.35. The van der Waals surface area contributed by atoms with Gasteiger partial charge >= 0.3 is 0 Å². The molecule has 0 unspecified atom stereocenters. The molecule has 0 saturated carbocycles. The van der Waals surface area contributed by atoms with Crippen molar-refractivity contribution in [1.82, 2.24) is 9.88 Å². The molecule has 1 fully saturated rings. The molecule has 5 heteroatoms. The van der Waals surface area contributed by atoms with Crippen LogP contribution in [0.4, 0.5) is 0 Å². The van der Waals surface area contributed by atoms with Gasteiger partial charge in [-0.3, -0.25) is 9.88 Å². The van der Waals surface area contributed by atoms with Gasteiger partial charge in [0, 0.05) is 32.0 Å². The molecule has 1 saturated heterocycles. The number of nitrogens with zero attached hydrogens (tertiary/aromatic N) is 2. The number of pyridine rings is 1. The topological polar surface area (TPSA) is 25.4 Å². The quantitative estimate of drug-likeness (QED) is 0.796. The number of aromatic nitrogens is 1. The highest BCUT2D eigenvalue weighted by Gasteiger charge is 2.19. The van der Waals surface area contributed by atoms with Crippen molar-refractivity contribution in [2.45, 2.75) is 31.9 Å². The molecular weight excluding hydrogens is 316 g/mol. The van der Waals surface area contributed by atoms with Crippen LogP contribution in [-0.2, 0) is 17.7 Å². The maximum Gasteiger partial charge on any atom is 0.0931 e. The van der Waals surface area contributed by atoms with Crippen molar-refractivity contribution in [1.29, 1.82) is 0 Å². The Kier molecular flexibility index (Phi) is 5.84. The molecule has 3 heterocycles. The Hall–Kier alpha value is -0.940. The Bertz CT molecular complexity index is 567. The van der Waals surface area contributed by atoms with Crippen molar-refractivity contribution in [3.05, 3.63) is 51.4 Å². The predicted molar refractivity (Wildman–Crippen MR) is 91.5 cm³/mol. The lowest BCUT2D eigenvalue weighted by atomic mass is 10.1. The summed E-state index contributed by atoms with van der Waals surface area (Å²) in [6.07, 6.45) is 7.33. The molecular formula is C17H21ClN2OS. The second kappa shape index (κ2) is 8.06. The summed E-state index contributed by atoms with van der Waals surface area (Å²) in [6.45, 7) is 4.03. The van der Waals surface area contributed by atoms with Gasteiger partial charge in [0.2, 0.25) is 0 Å². The predicted octanol–water partition coefficient (Wildman–Crippen LogP) is 4.02. The number of piperidine rings is 1. The molecule has 0 aromatic carbocycles.